The van der Waals surface area contributed by atoms with E-state index in [9.17, 15) is 9.59 Å². The molecule has 10 heteroatoms. The molecule has 3 aromatic heterocycles. The second kappa shape index (κ2) is 7.73. The molecule has 0 saturated carbocycles. The number of carbonyl (C=O) groups excluding carboxylic acids is 2. The van der Waals surface area contributed by atoms with E-state index in [1.165, 1.54) is 11.3 Å². The fourth-order valence-electron chi connectivity index (χ4n) is 3.09. The summed E-state index contributed by atoms with van der Waals surface area (Å²) in [6.07, 6.45) is 6.67. The lowest BCUT2D eigenvalue weighted by molar-refractivity contribution is -0.126. The number of aromatic nitrogens is 4. The van der Waals surface area contributed by atoms with Crippen molar-refractivity contribution in [1.29, 1.82) is 0 Å². The zero-order valence-corrected chi connectivity index (χ0v) is 16.6. The van der Waals surface area contributed by atoms with E-state index in [-0.39, 0.29) is 24.2 Å². The molecule has 0 bridgehead atoms. The van der Waals surface area contributed by atoms with Crippen molar-refractivity contribution >= 4 is 44.6 Å². The first-order chi connectivity index (χ1) is 13.1. The van der Waals surface area contributed by atoms with E-state index in [4.69, 9.17) is 0 Å². The van der Waals surface area contributed by atoms with Crippen molar-refractivity contribution in [2.45, 2.75) is 32.6 Å². The molecule has 1 aliphatic heterocycles. The van der Waals surface area contributed by atoms with E-state index in [2.05, 4.69) is 27.4 Å². The van der Waals surface area contributed by atoms with Gasteiger partial charge in [0.05, 0.1) is 11.6 Å². The van der Waals surface area contributed by atoms with E-state index >= 15 is 0 Å². The minimum atomic E-state index is -0.346. The highest BCUT2D eigenvalue weighted by Gasteiger charge is 2.36. The van der Waals surface area contributed by atoms with Gasteiger partial charge in [-0.2, -0.15) is 0 Å². The van der Waals surface area contributed by atoms with Gasteiger partial charge in [-0.25, -0.2) is 4.98 Å². The van der Waals surface area contributed by atoms with Crippen molar-refractivity contribution in [2.24, 2.45) is 5.92 Å². The minimum absolute atomic E-state index is 0.0660. The molecule has 2 amide bonds. The van der Waals surface area contributed by atoms with Gasteiger partial charge in [0.15, 0.2) is 4.96 Å². The number of nitrogens with zero attached hydrogens (tertiary/aromatic N) is 5. The van der Waals surface area contributed by atoms with Crippen LogP contribution in [0, 0.1) is 5.92 Å². The molecule has 1 aliphatic rings. The highest BCUT2D eigenvalue weighted by Crippen LogP contribution is 2.28. The second-order valence-electron chi connectivity index (χ2n) is 6.50. The van der Waals surface area contributed by atoms with Gasteiger partial charge in [0.2, 0.25) is 16.9 Å². The Morgan fingerprint density at radius 2 is 2.26 bits per heavy atom. The SMILES string of the molecule is CCCc1nnc(N2CC(C(=O)NCCc3cn4ccsc4n3)CC2=O)s1. The largest absolute Gasteiger partial charge is 0.355 e. The molecule has 1 N–H and O–H groups in total. The maximum atomic E-state index is 12.4. The summed E-state index contributed by atoms with van der Waals surface area (Å²) in [6, 6.07) is 0. The van der Waals surface area contributed by atoms with Gasteiger partial charge in [0.1, 0.15) is 5.01 Å². The third-order valence-corrected chi connectivity index (χ3v) is 6.25. The maximum absolute atomic E-state index is 12.4. The first-order valence-corrected chi connectivity index (χ1v) is 10.6. The quantitative estimate of drug-likeness (QED) is 0.649. The highest BCUT2D eigenvalue weighted by molar-refractivity contribution is 7.15. The van der Waals surface area contributed by atoms with Crippen LogP contribution in [0.5, 0.6) is 0 Å². The summed E-state index contributed by atoms with van der Waals surface area (Å²) in [6.45, 7) is 2.95. The van der Waals surface area contributed by atoms with E-state index in [1.807, 2.05) is 22.2 Å². The van der Waals surface area contributed by atoms with E-state index in [1.54, 1.807) is 16.2 Å². The second-order valence-corrected chi connectivity index (χ2v) is 8.41. The number of aryl methyl sites for hydroxylation is 1. The number of hydrogen-bond donors (Lipinski definition) is 1. The summed E-state index contributed by atoms with van der Waals surface area (Å²) in [4.78, 5) is 31.8. The Balaban J connectivity index is 1.29. The fourth-order valence-corrected chi connectivity index (χ4v) is 4.78. The fraction of sp³-hybridized carbons (Fsp3) is 0.471. The lowest BCUT2D eigenvalue weighted by atomic mass is 10.1. The van der Waals surface area contributed by atoms with E-state index in [0.717, 1.165) is 28.5 Å². The van der Waals surface area contributed by atoms with Crippen LogP contribution in [0.2, 0.25) is 0 Å². The number of fused-ring (bicyclic) bond motifs is 1. The molecule has 1 unspecified atom stereocenters. The Morgan fingerprint density at radius 3 is 3.07 bits per heavy atom. The third-order valence-electron chi connectivity index (χ3n) is 4.47. The first-order valence-electron chi connectivity index (χ1n) is 8.95. The molecule has 0 aliphatic carbocycles. The van der Waals surface area contributed by atoms with Crippen molar-refractivity contribution in [3.05, 3.63) is 28.5 Å². The number of anilines is 1. The number of nitrogens with one attached hydrogen (secondary N) is 1. The lowest BCUT2D eigenvalue weighted by Gasteiger charge is -2.12. The van der Waals surface area contributed by atoms with Crippen LogP contribution in [-0.2, 0) is 22.4 Å². The molecule has 142 valence electrons. The number of imidazole rings is 1. The summed E-state index contributed by atoms with van der Waals surface area (Å²) in [7, 11) is 0. The zero-order chi connectivity index (χ0) is 18.8. The Kier molecular flexibility index (Phi) is 5.17. The summed E-state index contributed by atoms with van der Waals surface area (Å²) < 4.78 is 1.98. The van der Waals surface area contributed by atoms with Crippen LogP contribution in [0.25, 0.3) is 4.96 Å². The minimum Gasteiger partial charge on any atom is -0.355 e. The number of amides is 2. The van der Waals surface area contributed by atoms with Gasteiger partial charge in [0, 0.05) is 50.1 Å². The third kappa shape index (κ3) is 3.86. The Morgan fingerprint density at radius 1 is 1.37 bits per heavy atom. The average molecular weight is 405 g/mol. The summed E-state index contributed by atoms with van der Waals surface area (Å²) >= 11 is 3.01. The van der Waals surface area contributed by atoms with Gasteiger partial charge >= 0.3 is 0 Å². The number of hydrogen-bond acceptors (Lipinski definition) is 7. The Labute approximate surface area is 164 Å². The van der Waals surface area contributed by atoms with Crippen LogP contribution in [0.1, 0.15) is 30.5 Å². The zero-order valence-electron chi connectivity index (χ0n) is 14.9. The smallest absolute Gasteiger partial charge is 0.229 e. The average Bonchev–Trinajstić information content (AvgIpc) is 3.38. The monoisotopic (exact) mass is 404 g/mol. The summed E-state index contributed by atoms with van der Waals surface area (Å²) in [5.41, 5.74) is 0.948. The van der Waals surface area contributed by atoms with Crippen LogP contribution in [-0.4, -0.2) is 44.5 Å². The molecule has 0 spiro atoms. The van der Waals surface area contributed by atoms with Crippen molar-refractivity contribution in [1.82, 2.24) is 24.9 Å². The van der Waals surface area contributed by atoms with Gasteiger partial charge in [-0.1, -0.05) is 18.3 Å². The number of rotatable bonds is 7. The highest BCUT2D eigenvalue weighted by atomic mass is 32.1. The van der Waals surface area contributed by atoms with Crippen LogP contribution < -0.4 is 10.2 Å². The maximum Gasteiger partial charge on any atom is 0.229 e. The molecule has 3 aromatic rings. The van der Waals surface area contributed by atoms with Crippen LogP contribution in [0.15, 0.2) is 17.8 Å². The lowest BCUT2D eigenvalue weighted by Crippen LogP contribution is -2.34. The number of thiazole rings is 1. The van der Waals surface area contributed by atoms with Crippen LogP contribution >= 0.6 is 22.7 Å². The predicted molar refractivity (Wildman–Crippen MR) is 104 cm³/mol. The standard InChI is InChI=1S/C17H20N6O2S2/c1-2-3-13-20-21-17(27-13)23-9-11(8-14(23)24)15(25)18-5-4-12-10-22-6-7-26-16(22)19-12/h6-7,10-11H,2-5,8-9H2,1H3,(H,18,25). The first kappa shape index (κ1) is 18.1. The normalized spacial score (nSPS) is 17.1. The van der Waals surface area contributed by atoms with Crippen molar-refractivity contribution in [3.8, 4) is 0 Å². The van der Waals surface area contributed by atoms with Gasteiger partial charge in [-0.3, -0.25) is 18.9 Å². The van der Waals surface area contributed by atoms with Crippen molar-refractivity contribution < 1.29 is 9.59 Å². The Bertz CT molecular complexity index is 933. The molecule has 4 rings (SSSR count). The van der Waals surface area contributed by atoms with Gasteiger partial charge in [0.25, 0.3) is 0 Å². The van der Waals surface area contributed by atoms with Gasteiger partial charge < -0.3 is 5.32 Å². The summed E-state index contributed by atoms with van der Waals surface area (Å²) in [5.74, 6) is -0.504. The molecular weight excluding hydrogens is 384 g/mol. The molecular formula is C17H20N6O2S2. The molecule has 4 heterocycles. The van der Waals surface area contributed by atoms with Crippen molar-refractivity contribution in [3.63, 3.8) is 0 Å². The van der Waals surface area contributed by atoms with E-state index < -0.39 is 0 Å². The molecule has 27 heavy (non-hydrogen) atoms. The van der Waals surface area contributed by atoms with Gasteiger partial charge in [-0.05, 0) is 6.42 Å². The summed E-state index contributed by atoms with van der Waals surface area (Å²) in [5, 5.41) is 14.7. The van der Waals surface area contributed by atoms with Crippen LogP contribution in [0.4, 0.5) is 5.13 Å². The predicted octanol–water partition coefficient (Wildman–Crippen LogP) is 1.91. The molecule has 0 radical (unpaired) electrons. The molecule has 1 saturated heterocycles. The molecule has 1 atom stereocenters. The number of carbonyl (C=O) groups is 2. The van der Waals surface area contributed by atoms with Crippen LogP contribution in [0.3, 0.4) is 0 Å². The molecule has 8 nitrogen and oxygen atoms in total. The van der Waals surface area contributed by atoms with Crippen molar-refractivity contribution in [2.75, 3.05) is 18.0 Å². The molecule has 1 fully saturated rings. The topological polar surface area (TPSA) is 92.5 Å². The van der Waals surface area contributed by atoms with E-state index in [0.29, 0.717) is 24.6 Å². The molecule has 0 aromatic carbocycles. The van der Waals surface area contributed by atoms with Gasteiger partial charge in [-0.15, -0.1) is 21.5 Å². The Hall–Kier alpha value is -2.33.